The summed E-state index contributed by atoms with van der Waals surface area (Å²) in [6, 6.07) is 0. The predicted molar refractivity (Wildman–Crippen MR) is 100 cm³/mol. The highest BCUT2D eigenvalue weighted by atomic mass is 16.4. The number of carbonyl (C=O) groups is 1. The van der Waals surface area contributed by atoms with E-state index >= 15 is 0 Å². The molecule has 0 radical (unpaired) electrons. The average molecular weight is 352 g/mol. The molecular formula is C20H32O5. The number of carboxylic acid groups (broad SMARTS) is 1. The zero-order valence-corrected chi connectivity index (χ0v) is 15.6. The van der Waals surface area contributed by atoms with Crippen LogP contribution in [0.2, 0.25) is 0 Å². The van der Waals surface area contributed by atoms with Crippen molar-refractivity contribution in [3.05, 3.63) is 48.6 Å². The molecule has 0 rings (SSSR count). The summed E-state index contributed by atoms with van der Waals surface area (Å²) in [5, 5.41) is 38.3. The second-order valence-corrected chi connectivity index (χ2v) is 6.91. The van der Waals surface area contributed by atoms with Gasteiger partial charge in [-0.25, -0.2) is 0 Å². The third-order valence-corrected chi connectivity index (χ3v) is 4.43. The molecule has 0 amide bonds. The number of aliphatic carboxylic acids is 1. The number of aliphatic hydroxyl groups excluding tert-OH is 2. The topological polar surface area (TPSA) is 98.0 Å². The third kappa shape index (κ3) is 9.39. The molecule has 0 heterocycles. The SMILES string of the molecule is CCC(O)C(O)/C=C/C=C/C=C\C=C\[C@@](C)(O)C(C)(C)CCC(=O)O. The molecule has 0 aromatic carbocycles. The first-order valence-corrected chi connectivity index (χ1v) is 8.53. The molecular weight excluding hydrogens is 320 g/mol. The summed E-state index contributed by atoms with van der Waals surface area (Å²) < 4.78 is 0. The summed E-state index contributed by atoms with van der Waals surface area (Å²) in [6.07, 6.45) is 12.8. The first kappa shape index (κ1) is 23.3. The molecule has 4 N–H and O–H groups in total. The van der Waals surface area contributed by atoms with Crippen LogP contribution in [0, 0.1) is 5.41 Å². The lowest BCUT2D eigenvalue weighted by Crippen LogP contribution is -2.40. The summed E-state index contributed by atoms with van der Waals surface area (Å²) in [5.41, 5.74) is -1.69. The Kier molecular flexibility index (Phi) is 10.3. The van der Waals surface area contributed by atoms with Crippen molar-refractivity contribution in [1.82, 2.24) is 0 Å². The Morgan fingerprint density at radius 2 is 1.52 bits per heavy atom. The van der Waals surface area contributed by atoms with E-state index in [-0.39, 0.29) is 6.42 Å². The van der Waals surface area contributed by atoms with Gasteiger partial charge in [0.25, 0.3) is 0 Å². The third-order valence-electron chi connectivity index (χ3n) is 4.43. The molecule has 0 bridgehead atoms. The Bertz CT molecular complexity index is 512. The second-order valence-electron chi connectivity index (χ2n) is 6.91. The van der Waals surface area contributed by atoms with E-state index in [4.69, 9.17) is 5.11 Å². The average Bonchev–Trinajstić information content (AvgIpc) is 2.54. The van der Waals surface area contributed by atoms with Crippen molar-refractivity contribution in [2.75, 3.05) is 0 Å². The number of hydrogen-bond acceptors (Lipinski definition) is 4. The van der Waals surface area contributed by atoms with E-state index in [2.05, 4.69) is 0 Å². The van der Waals surface area contributed by atoms with Crippen molar-refractivity contribution in [1.29, 1.82) is 0 Å². The first-order valence-electron chi connectivity index (χ1n) is 8.53. The molecule has 0 spiro atoms. The van der Waals surface area contributed by atoms with Gasteiger partial charge in [0.05, 0.1) is 17.8 Å². The quantitative estimate of drug-likeness (QED) is 0.429. The van der Waals surface area contributed by atoms with Crippen molar-refractivity contribution in [2.45, 2.75) is 64.8 Å². The smallest absolute Gasteiger partial charge is 0.303 e. The summed E-state index contributed by atoms with van der Waals surface area (Å²) in [5.74, 6) is -0.873. The first-order chi connectivity index (χ1) is 11.5. The fraction of sp³-hybridized carbons (Fsp3) is 0.550. The standard InChI is InChI=1S/C20H32O5/c1-5-16(21)17(22)12-10-8-6-7-9-11-14-20(4,25)19(2,3)15-13-18(23)24/h6-12,14,16-17,21-22,25H,5,13,15H2,1-4H3,(H,23,24)/b8-6+,9-7-,12-10+,14-11+/t16?,17?,20-/m1/s1. The Labute approximate surface area is 150 Å². The van der Waals surface area contributed by atoms with Crippen LogP contribution in [0.25, 0.3) is 0 Å². The summed E-state index contributed by atoms with van der Waals surface area (Å²) >= 11 is 0. The molecule has 0 aromatic rings. The van der Waals surface area contributed by atoms with Crippen LogP contribution < -0.4 is 0 Å². The maximum atomic E-state index is 10.7. The lowest BCUT2D eigenvalue weighted by atomic mass is 9.72. The van der Waals surface area contributed by atoms with Gasteiger partial charge in [-0.1, -0.05) is 69.4 Å². The van der Waals surface area contributed by atoms with Gasteiger partial charge in [0, 0.05) is 6.42 Å². The van der Waals surface area contributed by atoms with E-state index in [0.29, 0.717) is 12.8 Å². The summed E-state index contributed by atoms with van der Waals surface area (Å²) in [6.45, 7) is 7.14. The minimum absolute atomic E-state index is 0.0144. The fourth-order valence-corrected chi connectivity index (χ4v) is 1.95. The van der Waals surface area contributed by atoms with Gasteiger partial charge in [-0.2, -0.15) is 0 Å². The van der Waals surface area contributed by atoms with Gasteiger partial charge < -0.3 is 20.4 Å². The zero-order valence-electron chi connectivity index (χ0n) is 15.6. The van der Waals surface area contributed by atoms with Gasteiger partial charge in [0.2, 0.25) is 0 Å². The Balaban J connectivity index is 4.53. The Morgan fingerprint density at radius 1 is 1.00 bits per heavy atom. The largest absolute Gasteiger partial charge is 0.481 e. The van der Waals surface area contributed by atoms with E-state index in [1.807, 2.05) is 13.8 Å². The molecule has 0 fully saturated rings. The maximum Gasteiger partial charge on any atom is 0.303 e. The second kappa shape index (κ2) is 11.0. The van der Waals surface area contributed by atoms with Crippen LogP contribution in [-0.2, 0) is 4.79 Å². The molecule has 0 aliphatic rings. The normalized spacial score (nSPS) is 18.4. The Morgan fingerprint density at radius 3 is 2.04 bits per heavy atom. The molecule has 142 valence electrons. The van der Waals surface area contributed by atoms with Crippen LogP contribution in [-0.4, -0.2) is 44.2 Å². The predicted octanol–water partition coefficient (Wildman–Crippen LogP) is 2.99. The van der Waals surface area contributed by atoms with Crippen molar-refractivity contribution in [3.8, 4) is 0 Å². The summed E-state index contributed by atoms with van der Waals surface area (Å²) in [4.78, 5) is 10.7. The van der Waals surface area contributed by atoms with Crippen LogP contribution in [0.5, 0.6) is 0 Å². The van der Waals surface area contributed by atoms with E-state index in [9.17, 15) is 20.1 Å². The van der Waals surface area contributed by atoms with E-state index in [1.165, 1.54) is 6.08 Å². The molecule has 5 nitrogen and oxygen atoms in total. The van der Waals surface area contributed by atoms with Gasteiger partial charge in [0.1, 0.15) is 0 Å². The van der Waals surface area contributed by atoms with Gasteiger partial charge >= 0.3 is 5.97 Å². The molecule has 2 unspecified atom stereocenters. The zero-order chi connectivity index (χ0) is 19.5. The molecule has 5 heteroatoms. The number of rotatable bonds is 11. The van der Waals surface area contributed by atoms with Gasteiger partial charge in [-0.3, -0.25) is 4.79 Å². The molecule has 0 saturated heterocycles. The molecule has 0 aliphatic carbocycles. The molecule has 0 aliphatic heterocycles. The monoisotopic (exact) mass is 352 g/mol. The number of aliphatic hydroxyl groups is 3. The summed E-state index contributed by atoms with van der Waals surface area (Å²) in [7, 11) is 0. The lowest BCUT2D eigenvalue weighted by Gasteiger charge is -2.37. The number of hydrogen-bond donors (Lipinski definition) is 4. The van der Waals surface area contributed by atoms with Crippen molar-refractivity contribution < 1.29 is 25.2 Å². The fourth-order valence-electron chi connectivity index (χ4n) is 1.95. The molecule has 0 aromatic heterocycles. The van der Waals surface area contributed by atoms with Crippen molar-refractivity contribution >= 4 is 5.97 Å². The molecule has 3 atom stereocenters. The van der Waals surface area contributed by atoms with Gasteiger partial charge in [-0.15, -0.1) is 0 Å². The van der Waals surface area contributed by atoms with E-state index in [0.717, 1.165) is 0 Å². The lowest BCUT2D eigenvalue weighted by molar-refractivity contribution is -0.138. The minimum Gasteiger partial charge on any atom is -0.481 e. The highest BCUT2D eigenvalue weighted by molar-refractivity contribution is 5.66. The highest BCUT2D eigenvalue weighted by Crippen LogP contribution is 2.36. The number of allylic oxidation sites excluding steroid dienone is 6. The number of carboxylic acids is 1. The van der Waals surface area contributed by atoms with Crippen molar-refractivity contribution in [2.24, 2.45) is 5.41 Å². The van der Waals surface area contributed by atoms with Crippen LogP contribution in [0.4, 0.5) is 0 Å². The van der Waals surface area contributed by atoms with Crippen LogP contribution in [0.15, 0.2) is 48.6 Å². The molecule has 25 heavy (non-hydrogen) atoms. The van der Waals surface area contributed by atoms with Crippen LogP contribution >= 0.6 is 0 Å². The van der Waals surface area contributed by atoms with Crippen molar-refractivity contribution in [3.63, 3.8) is 0 Å². The van der Waals surface area contributed by atoms with Gasteiger partial charge in [-0.05, 0) is 25.2 Å². The van der Waals surface area contributed by atoms with E-state index < -0.39 is 29.2 Å². The minimum atomic E-state index is -1.13. The van der Waals surface area contributed by atoms with E-state index in [1.54, 1.807) is 56.4 Å². The van der Waals surface area contributed by atoms with Gasteiger partial charge in [0.15, 0.2) is 0 Å². The Hall–Kier alpha value is -1.69. The highest BCUT2D eigenvalue weighted by Gasteiger charge is 2.36. The maximum absolute atomic E-state index is 10.7. The van der Waals surface area contributed by atoms with Crippen LogP contribution in [0.1, 0.15) is 47.0 Å². The molecule has 0 saturated carbocycles. The van der Waals surface area contributed by atoms with Crippen LogP contribution in [0.3, 0.4) is 0 Å².